The lowest BCUT2D eigenvalue weighted by molar-refractivity contribution is -0.123. The van der Waals surface area contributed by atoms with Crippen LogP contribution in [-0.4, -0.2) is 40.6 Å². The number of hydrogen-bond acceptors (Lipinski definition) is 4. The molecule has 1 saturated heterocycles. The summed E-state index contributed by atoms with van der Waals surface area (Å²) in [7, 11) is 0. The highest BCUT2D eigenvalue weighted by Gasteiger charge is 2.47. The Morgan fingerprint density at radius 2 is 1.72 bits per heavy atom. The summed E-state index contributed by atoms with van der Waals surface area (Å²) >= 11 is 0. The molecule has 7 heteroatoms. The summed E-state index contributed by atoms with van der Waals surface area (Å²) in [6.45, 7) is 3.34. The molecule has 2 aliphatic rings. The molecular formula is C25H27N3O4. The highest BCUT2D eigenvalue weighted by Crippen LogP contribution is 2.33. The molecule has 2 aromatic carbocycles. The maximum Gasteiger partial charge on any atom is 0.257 e. The number of nitrogens with zero attached hydrogens (tertiary/aromatic N) is 2. The van der Waals surface area contributed by atoms with Gasteiger partial charge in [-0.25, -0.2) is 4.90 Å². The number of carbonyl (C=O) groups excluding carboxylic acids is 4. The second-order valence-corrected chi connectivity index (χ2v) is 8.54. The zero-order valence-corrected chi connectivity index (χ0v) is 18.3. The minimum absolute atomic E-state index is 0.0274. The Morgan fingerprint density at radius 3 is 2.34 bits per heavy atom. The Hall–Kier alpha value is -3.48. The number of nitrogens with one attached hydrogen (secondary N) is 1. The molecule has 1 unspecified atom stereocenters. The zero-order chi connectivity index (χ0) is 22.8. The molecule has 0 spiro atoms. The van der Waals surface area contributed by atoms with E-state index in [1.54, 1.807) is 35.2 Å². The first-order valence-electron chi connectivity index (χ1n) is 11.0. The van der Waals surface area contributed by atoms with Crippen LogP contribution < -0.4 is 10.2 Å². The summed E-state index contributed by atoms with van der Waals surface area (Å²) < 4.78 is 0. The first kappa shape index (κ1) is 21.7. The maximum atomic E-state index is 13.5. The third kappa shape index (κ3) is 4.28. The largest absolute Gasteiger partial charge is 0.326 e. The lowest BCUT2D eigenvalue weighted by Crippen LogP contribution is -2.50. The molecular weight excluding hydrogens is 406 g/mol. The van der Waals surface area contributed by atoms with Gasteiger partial charge in [-0.05, 0) is 56.2 Å². The fraction of sp³-hybridized carbons (Fsp3) is 0.360. The molecule has 1 aliphatic carbocycles. The van der Waals surface area contributed by atoms with E-state index in [-0.39, 0.29) is 36.1 Å². The minimum atomic E-state index is -0.811. The van der Waals surface area contributed by atoms with Gasteiger partial charge in [0.1, 0.15) is 6.04 Å². The molecule has 2 fully saturated rings. The van der Waals surface area contributed by atoms with Crippen molar-refractivity contribution in [3.05, 3.63) is 59.7 Å². The molecule has 0 bridgehead atoms. The van der Waals surface area contributed by atoms with E-state index in [1.165, 1.54) is 6.92 Å². The Kier molecular flexibility index (Phi) is 6.08. The van der Waals surface area contributed by atoms with E-state index in [9.17, 15) is 19.2 Å². The second kappa shape index (κ2) is 8.94. The molecule has 4 amide bonds. The van der Waals surface area contributed by atoms with Gasteiger partial charge >= 0.3 is 0 Å². The van der Waals surface area contributed by atoms with Crippen LogP contribution >= 0.6 is 0 Å². The molecule has 1 N–H and O–H groups in total. The molecule has 4 rings (SSSR count). The first-order valence-corrected chi connectivity index (χ1v) is 11.0. The second-order valence-electron chi connectivity index (χ2n) is 8.54. The molecule has 0 aromatic heterocycles. The number of anilines is 2. The number of carbonyl (C=O) groups is 4. The van der Waals surface area contributed by atoms with Gasteiger partial charge in [0.25, 0.3) is 11.8 Å². The monoisotopic (exact) mass is 433 g/mol. The predicted molar refractivity (Wildman–Crippen MR) is 121 cm³/mol. The van der Waals surface area contributed by atoms with Crippen LogP contribution in [0.25, 0.3) is 0 Å². The summed E-state index contributed by atoms with van der Waals surface area (Å²) in [6.07, 6.45) is 3.65. The minimum Gasteiger partial charge on any atom is -0.326 e. The smallest absolute Gasteiger partial charge is 0.257 e. The van der Waals surface area contributed by atoms with Crippen molar-refractivity contribution in [3.63, 3.8) is 0 Å². The van der Waals surface area contributed by atoms with Crippen molar-refractivity contribution < 1.29 is 19.2 Å². The number of rotatable bonds is 5. The lowest BCUT2D eigenvalue weighted by atomic mass is 10.0. The quantitative estimate of drug-likeness (QED) is 0.729. The molecule has 1 atom stereocenters. The molecule has 1 aliphatic heterocycles. The average Bonchev–Trinajstić information content (AvgIpc) is 3.37. The molecule has 32 heavy (non-hydrogen) atoms. The van der Waals surface area contributed by atoms with Crippen molar-refractivity contribution in [1.29, 1.82) is 0 Å². The van der Waals surface area contributed by atoms with Gasteiger partial charge in [0.15, 0.2) is 0 Å². The summed E-state index contributed by atoms with van der Waals surface area (Å²) in [5.74, 6) is -1.11. The molecule has 166 valence electrons. The van der Waals surface area contributed by atoms with Crippen LogP contribution in [0.2, 0.25) is 0 Å². The van der Waals surface area contributed by atoms with Crippen molar-refractivity contribution in [1.82, 2.24) is 4.90 Å². The topological polar surface area (TPSA) is 86.8 Å². The van der Waals surface area contributed by atoms with Crippen LogP contribution in [0.1, 0.15) is 54.9 Å². The molecule has 7 nitrogen and oxygen atoms in total. The lowest BCUT2D eigenvalue weighted by Gasteiger charge is -2.33. The third-order valence-corrected chi connectivity index (χ3v) is 6.12. The van der Waals surface area contributed by atoms with E-state index >= 15 is 0 Å². The number of aryl methyl sites for hydroxylation is 1. The molecule has 2 aromatic rings. The van der Waals surface area contributed by atoms with Gasteiger partial charge in [0.05, 0.1) is 12.1 Å². The van der Waals surface area contributed by atoms with E-state index in [2.05, 4.69) is 5.32 Å². The Balaban J connectivity index is 1.62. The molecule has 1 saturated carbocycles. The fourth-order valence-electron chi connectivity index (χ4n) is 4.67. The van der Waals surface area contributed by atoms with Gasteiger partial charge in [-0.15, -0.1) is 0 Å². The van der Waals surface area contributed by atoms with Crippen LogP contribution in [0.4, 0.5) is 11.4 Å². The SMILES string of the molecule is CC(=O)Nc1ccc(N2C(=O)CC(N(C(=O)c3cccc(C)c3)C3CCCC3)C2=O)cc1. The Labute approximate surface area is 187 Å². The third-order valence-electron chi connectivity index (χ3n) is 6.12. The van der Waals surface area contributed by atoms with Crippen molar-refractivity contribution in [2.75, 3.05) is 10.2 Å². The van der Waals surface area contributed by atoms with Crippen molar-refractivity contribution in [2.24, 2.45) is 0 Å². The van der Waals surface area contributed by atoms with Gasteiger partial charge in [-0.2, -0.15) is 0 Å². The first-order chi connectivity index (χ1) is 15.3. The van der Waals surface area contributed by atoms with E-state index in [0.717, 1.165) is 36.1 Å². The van der Waals surface area contributed by atoms with E-state index in [0.29, 0.717) is 16.9 Å². The summed E-state index contributed by atoms with van der Waals surface area (Å²) in [4.78, 5) is 53.9. The Bertz CT molecular complexity index is 1060. The van der Waals surface area contributed by atoms with Gasteiger partial charge in [-0.3, -0.25) is 19.2 Å². The van der Waals surface area contributed by atoms with Crippen molar-refractivity contribution >= 4 is 35.0 Å². The zero-order valence-electron chi connectivity index (χ0n) is 18.3. The number of hydrogen-bond donors (Lipinski definition) is 1. The van der Waals surface area contributed by atoms with Crippen molar-refractivity contribution in [3.8, 4) is 0 Å². The van der Waals surface area contributed by atoms with Crippen LogP contribution in [0, 0.1) is 6.92 Å². The number of benzene rings is 2. The van der Waals surface area contributed by atoms with Gasteiger partial charge in [-0.1, -0.05) is 30.5 Å². The summed E-state index contributed by atoms with van der Waals surface area (Å²) in [5, 5.41) is 2.67. The number of imide groups is 1. The van der Waals surface area contributed by atoms with Crippen LogP contribution in [-0.2, 0) is 14.4 Å². The predicted octanol–water partition coefficient (Wildman–Crippen LogP) is 3.67. The van der Waals surface area contributed by atoms with Crippen LogP contribution in [0.5, 0.6) is 0 Å². The molecule has 1 heterocycles. The maximum absolute atomic E-state index is 13.5. The van der Waals surface area contributed by atoms with E-state index in [4.69, 9.17) is 0 Å². The van der Waals surface area contributed by atoms with Gasteiger partial charge in [0, 0.05) is 24.2 Å². The molecule has 0 radical (unpaired) electrons. The van der Waals surface area contributed by atoms with Crippen LogP contribution in [0.3, 0.4) is 0 Å². The van der Waals surface area contributed by atoms with E-state index < -0.39 is 6.04 Å². The van der Waals surface area contributed by atoms with E-state index in [1.807, 2.05) is 25.1 Å². The van der Waals surface area contributed by atoms with Gasteiger partial charge in [0.2, 0.25) is 11.8 Å². The fourth-order valence-corrected chi connectivity index (χ4v) is 4.67. The highest BCUT2D eigenvalue weighted by molar-refractivity contribution is 6.23. The average molecular weight is 434 g/mol. The number of amides is 4. The summed E-state index contributed by atoms with van der Waals surface area (Å²) in [6, 6.07) is 13.0. The Morgan fingerprint density at radius 1 is 1.03 bits per heavy atom. The summed E-state index contributed by atoms with van der Waals surface area (Å²) in [5.41, 5.74) is 2.53. The van der Waals surface area contributed by atoms with Crippen molar-refractivity contribution in [2.45, 2.75) is 58.0 Å². The van der Waals surface area contributed by atoms with Crippen LogP contribution in [0.15, 0.2) is 48.5 Å². The van der Waals surface area contributed by atoms with Gasteiger partial charge < -0.3 is 10.2 Å². The standard InChI is InChI=1S/C25H27N3O4/c1-16-6-5-7-18(14-16)24(31)27(20-8-3-4-9-20)22-15-23(30)28(25(22)32)21-12-10-19(11-13-21)26-17(2)29/h5-7,10-14,20,22H,3-4,8-9,15H2,1-2H3,(H,26,29). The highest BCUT2D eigenvalue weighted by atomic mass is 16.2. The normalized spacial score (nSPS) is 18.8.